The number of carboxylic acids is 1. The molecule has 0 bridgehead atoms. The lowest BCUT2D eigenvalue weighted by Gasteiger charge is -2.13. The number of nitrogens with zero attached hydrogens (tertiary/aromatic N) is 2. The van der Waals surface area contributed by atoms with E-state index in [-0.39, 0.29) is 0 Å². The molecule has 0 saturated carbocycles. The zero-order valence-electron chi connectivity index (χ0n) is 9.19. The van der Waals surface area contributed by atoms with Gasteiger partial charge in [0, 0.05) is 12.7 Å². The van der Waals surface area contributed by atoms with Crippen molar-refractivity contribution in [2.75, 3.05) is 6.54 Å². The van der Waals surface area contributed by atoms with E-state index >= 15 is 0 Å². The number of carboxylic acid groups (broad SMARTS) is 1. The number of aryl methyl sites for hydroxylation is 1. The van der Waals surface area contributed by atoms with Crippen molar-refractivity contribution in [3.05, 3.63) is 17.4 Å². The summed E-state index contributed by atoms with van der Waals surface area (Å²) in [6.07, 6.45) is 4.63. The molecule has 0 amide bonds. The number of carbonyl (C=O) groups is 1. The number of aromatic nitrogens is 2. The van der Waals surface area contributed by atoms with Gasteiger partial charge < -0.3 is 10.4 Å². The van der Waals surface area contributed by atoms with E-state index in [2.05, 4.69) is 10.4 Å². The highest BCUT2D eigenvalue weighted by Gasteiger charge is 2.15. The van der Waals surface area contributed by atoms with Gasteiger partial charge in [0.1, 0.15) is 6.04 Å². The molecule has 0 aliphatic heterocycles. The molecular weight excluding hydrogens is 230 g/mol. The van der Waals surface area contributed by atoms with Crippen molar-refractivity contribution in [1.82, 2.24) is 15.1 Å². The van der Waals surface area contributed by atoms with E-state index in [4.69, 9.17) is 16.7 Å². The molecule has 1 aromatic heterocycles. The van der Waals surface area contributed by atoms with Gasteiger partial charge in [-0.25, -0.2) is 0 Å². The first-order chi connectivity index (χ1) is 7.63. The zero-order chi connectivity index (χ0) is 12.0. The molecule has 1 atom stereocenters. The van der Waals surface area contributed by atoms with E-state index in [9.17, 15) is 4.79 Å². The van der Waals surface area contributed by atoms with Crippen LogP contribution in [0.25, 0.3) is 0 Å². The van der Waals surface area contributed by atoms with E-state index in [0.29, 0.717) is 24.5 Å². The lowest BCUT2D eigenvalue weighted by Crippen LogP contribution is -2.37. The largest absolute Gasteiger partial charge is 0.480 e. The second-order valence-electron chi connectivity index (χ2n) is 3.56. The molecule has 0 aromatic carbocycles. The third-order valence-electron chi connectivity index (χ3n) is 2.19. The minimum atomic E-state index is -0.827. The summed E-state index contributed by atoms with van der Waals surface area (Å²) in [6.45, 7) is 3.25. The molecular formula is C10H16ClN3O2. The molecule has 1 aromatic rings. The minimum absolute atomic E-state index is 0.493. The van der Waals surface area contributed by atoms with Crippen molar-refractivity contribution in [2.24, 2.45) is 0 Å². The van der Waals surface area contributed by atoms with E-state index in [1.807, 2.05) is 6.92 Å². The second kappa shape index (κ2) is 6.50. The maximum atomic E-state index is 10.9. The maximum absolute atomic E-state index is 10.9. The third kappa shape index (κ3) is 4.20. The lowest BCUT2D eigenvalue weighted by atomic mass is 10.2. The lowest BCUT2D eigenvalue weighted by molar-refractivity contribution is -0.139. The molecule has 2 N–H and O–H groups in total. The summed E-state index contributed by atoms with van der Waals surface area (Å²) in [5.74, 6) is -0.827. The summed E-state index contributed by atoms with van der Waals surface area (Å²) in [7, 11) is 0. The normalized spacial score (nSPS) is 12.6. The van der Waals surface area contributed by atoms with Crippen LogP contribution in [0.1, 0.15) is 19.8 Å². The highest BCUT2D eigenvalue weighted by atomic mass is 35.5. The Kier molecular flexibility index (Phi) is 5.28. The van der Waals surface area contributed by atoms with E-state index in [1.165, 1.54) is 6.20 Å². The molecule has 1 unspecified atom stereocenters. The quantitative estimate of drug-likeness (QED) is 0.762. The Balaban J connectivity index is 2.40. The summed E-state index contributed by atoms with van der Waals surface area (Å²) >= 11 is 5.71. The van der Waals surface area contributed by atoms with Crippen molar-refractivity contribution in [3.63, 3.8) is 0 Å². The average molecular weight is 246 g/mol. The zero-order valence-corrected chi connectivity index (χ0v) is 9.94. The Morgan fingerprint density at radius 1 is 1.75 bits per heavy atom. The third-order valence-corrected chi connectivity index (χ3v) is 2.38. The van der Waals surface area contributed by atoms with Gasteiger partial charge in [0.2, 0.25) is 0 Å². The number of rotatable bonds is 7. The van der Waals surface area contributed by atoms with Crippen LogP contribution in [-0.2, 0) is 11.3 Å². The Morgan fingerprint density at radius 3 is 3.00 bits per heavy atom. The Bertz CT molecular complexity index is 341. The molecule has 0 radical (unpaired) electrons. The first kappa shape index (κ1) is 13.0. The number of nitrogens with one attached hydrogen (secondary N) is 1. The predicted molar refractivity (Wildman–Crippen MR) is 61.6 cm³/mol. The van der Waals surface area contributed by atoms with E-state index in [0.717, 1.165) is 6.42 Å². The standard InChI is InChI=1S/C10H16ClN3O2/c1-2-4-12-9(10(15)16)3-5-14-7-8(11)6-13-14/h6-7,9,12H,2-5H2,1H3,(H,15,16). The molecule has 5 nitrogen and oxygen atoms in total. The van der Waals surface area contributed by atoms with Crippen LogP contribution in [0.5, 0.6) is 0 Å². The van der Waals surface area contributed by atoms with Crippen LogP contribution in [-0.4, -0.2) is 33.4 Å². The molecule has 0 spiro atoms. The monoisotopic (exact) mass is 245 g/mol. The number of hydrogen-bond acceptors (Lipinski definition) is 3. The maximum Gasteiger partial charge on any atom is 0.320 e. The summed E-state index contributed by atoms with van der Waals surface area (Å²) in [5, 5.41) is 16.5. The molecule has 0 aliphatic rings. The summed E-state index contributed by atoms with van der Waals surface area (Å²) in [6, 6.07) is -0.525. The van der Waals surface area contributed by atoms with Crippen LogP contribution < -0.4 is 5.32 Å². The molecule has 1 rings (SSSR count). The fourth-order valence-electron chi connectivity index (χ4n) is 1.35. The van der Waals surface area contributed by atoms with Gasteiger partial charge in [0.05, 0.1) is 11.2 Å². The topological polar surface area (TPSA) is 67.2 Å². The van der Waals surface area contributed by atoms with E-state index in [1.54, 1.807) is 10.9 Å². The van der Waals surface area contributed by atoms with Crippen molar-refractivity contribution < 1.29 is 9.90 Å². The molecule has 1 heterocycles. The predicted octanol–water partition coefficient (Wildman–Crippen LogP) is 1.38. The summed E-state index contributed by atoms with van der Waals surface area (Å²) in [5.41, 5.74) is 0. The van der Waals surface area contributed by atoms with Crippen LogP contribution in [0.4, 0.5) is 0 Å². The number of aliphatic carboxylic acids is 1. The average Bonchev–Trinajstić information content (AvgIpc) is 2.64. The van der Waals surface area contributed by atoms with Crippen LogP contribution in [0.15, 0.2) is 12.4 Å². The Hall–Kier alpha value is -1.07. The van der Waals surface area contributed by atoms with Gasteiger partial charge in [-0.1, -0.05) is 18.5 Å². The number of hydrogen-bond donors (Lipinski definition) is 2. The molecule has 0 aliphatic carbocycles. The number of halogens is 1. The van der Waals surface area contributed by atoms with Crippen LogP contribution >= 0.6 is 11.6 Å². The molecule has 90 valence electrons. The summed E-state index contributed by atoms with van der Waals surface area (Å²) in [4.78, 5) is 10.9. The highest BCUT2D eigenvalue weighted by Crippen LogP contribution is 2.06. The van der Waals surface area contributed by atoms with E-state index < -0.39 is 12.0 Å². The van der Waals surface area contributed by atoms with Crippen molar-refractivity contribution >= 4 is 17.6 Å². The van der Waals surface area contributed by atoms with Gasteiger partial charge >= 0.3 is 5.97 Å². The first-order valence-corrected chi connectivity index (χ1v) is 5.65. The fraction of sp³-hybridized carbons (Fsp3) is 0.600. The van der Waals surface area contributed by atoms with Gasteiger partial charge in [-0.3, -0.25) is 9.48 Å². The van der Waals surface area contributed by atoms with Gasteiger partial charge in [-0.2, -0.15) is 5.10 Å². The van der Waals surface area contributed by atoms with Crippen LogP contribution in [0.3, 0.4) is 0 Å². The van der Waals surface area contributed by atoms with Gasteiger partial charge in [-0.05, 0) is 19.4 Å². The van der Waals surface area contributed by atoms with Gasteiger partial charge in [0.25, 0.3) is 0 Å². The Morgan fingerprint density at radius 2 is 2.50 bits per heavy atom. The molecule has 0 saturated heterocycles. The van der Waals surface area contributed by atoms with Crippen LogP contribution in [0, 0.1) is 0 Å². The fourth-order valence-corrected chi connectivity index (χ4v) is 1.51. The SMILES string of the molecule is CCCNC(CCn1cc(Cl)cn1)C(=O)O. The second-order valence-corrected chi connectivity index (χ2v) is 3.99. The molecule has 6 heteroatoms. The van der Waals surface area contributed by atoms with Crippen LogP contribution in [0.2, 0.25) is 5.02 Å². The minimum Gasteiger partial charge on any atom is -0.480 e. The molecule has 0 fully saturated rings. The van der Waals surface area contributed by atoms with Gasteiger partial charge in [0.15, 0.2) is 0 Å². The first-order valence-electron chi connectivity index (χ1n) is 5.27. The Labute approximate surface area is 99.4 Å². The van der Waals surface area contributed by atoms with Crippen molar-refractivity contribution in [2.45, 2.75) is 32.4 Å². The highest BCUT2D eigenvalue weighted by molar-refractivity contribution is 6.30. The van der Waals surface area contributed by atoms with Gasteiger partial charge in [-0.15, -0.1) is 0 Å². The summed E-state index contributed by atoms with van der Waals surface area (Å²) < 4.78 is 1.64. The van der Waals surface area contributed by atoms with Crippen molar-refractivity contribution in [1.29, 1.82) is 0 Å². The van der Waals surface area contributed by atoms with Crippen molar-refractivity contribution in [3.8, 4) is 0 Å². The smallest absolute Gasteiger partial charge is 0.320 e. The molecule has 16 heavy (non-hydrogen) atoms.